The highest BCUT2D eigenvalue weighted by atomic mass is 19.1. The number of hydrogen-bond acceptors (Lipinski definition) is 5. The van der Waals surface area contributed by atoms with Crippen molar-refractivity contribution in [2.24, 2.45) is 38.8 Å². The predicted molar refractivity (Wildman–Crippen MR) is 157 cm³/mol. The van der Waals surface area contributed by atoms with E-state index >= 15 is 0 Å². The van der Waals surface area contributed by atoms with Gasteiger partial charge in [-0.25, -0.2) is 4.39 Å². The lowest BCUT2D eigenvalue weighted by molar-refractivity contribution is -0.134. The third kappa shape index (κ3) is 6.86. The van der Waals surface area contributed by atoms with Crippen LogP contribution in [0.2, 0.25) is 0 Å². The summed E-state index contributed by atoms with van der Waals surface area (Å²) in [5.74, 6) is 0.422. The first-order valence-corrected chi connectivity index (χ1v) is 14.3. The zero-order chi connectivity index (χ0) is 29.7. The highest BCUT2D eigenvalue weighted by Crippen LogP contribution is 2.48. The van der Waals surface area contributed by atoms with Gasteiger partial charge in [0.2, 0.25) is 0 Å². The molecule has 4 N–H and O–H groups in total. The van der Waals surface area contributed by atoms with Gasteiger partial charge in [-0.1, -0.05) is 45.1 Å². The average molecular weight is 562 g/mol. The zero-order valence-electron chi connectivity index (χ0n) is 24.2. The van der Waals surface area contributed by atoms with Crippen LogP contribution < -0.4 is 11.1 Å². The molecule has 10 heteroatoms. The van der Waals surface area contributed by atoms with Gasteiger partial charge in [0.25, 0.3) is 11.8 Å². The van der Waals surface area contributed by atoms with Crippen LogP contribution in [0.5, 0.6) is 0 Å². The number of hydrogen-bond donors (Lipinski definition) is 3. The number of amidine groups is 1. The molecule has 0 bridgehead atoms. The highest BCUT2D eigenvalue weighted by molar-refractivity contribution is 6.46. The summed E-state index contributed by atoms with van der Waals surface area (Å²) < 4.78 is 13.7. The molecule has 2 aromatic rings. The molecule has 9 nitrogen and oxygen atoms in total. The first-order chi connectivity index (χ1) is 19.5. The van der Waals surface area contributed by atoms with Gasteiger partial charge in [0, 0.05) is 11.1 Å². The minimum absolute atomic E-state index is 0.0232. The summed E-state index contributed by atoms with van der Waals surface area (Å²) in [7, 11) is 0. The SMILES string of the molecule is CC(C)CCC(c1ccc(C(=O)NCC(N)=NN=N)cc1)N1C(=O)C(c2ccc(F)cc2)=NC12CC(C)CC(C)C2. The van der Waals surface area contributed by atoms with Gasteiger partial charge in [-0.15, -0.1) is 5.10 Å². The summed E-state index contributed by atoms with van der Waals surface area (Å²) in [5, 5.41) is 8.94. The van der Waals surface area contributed by atoms with Gasteiger partial charge < -0.3 is 16.0 Å². The van der Waals surface area contributed by atoms with Crippen molar-refractivity contribution < 1.29 is 14.0 Å². The van der Waals surface area contributed by atoms with Crippen molar-refractivity contribution in [1.82, 2.24) is 10.2 Å². The van der Waals surface area contributed by atoms with Crippen molar-refractivity contribution >= 4 is 23.4 Å². The van der Waals surface area contributed by atoms with E-state index in [4.69, 9.17) is 16.3 Å². The van der Waals surface area contributed by atoms with E-state index in [0.29, 0.717) is 34.6 Å². The van der Waals surface area contributed by atoms with Crippen LogP contribution >= 0.6 is 0 Å². The van der Waals surface area contributed by atoms with E-state index in [1.165, 1.54) is 12.1 Å². The third-order valence-corrected chi connectivity index (χ3v) is 7.96. The Hall–Kier alpha value is -3.95. The number of nitrogens with one attached hydrogen (secondary N) is 2. The maximum absolute atomic E-state index is 14.3. The number of amides is 2. The molecule has 1 aliphatic carbocycles. The minimum Gasteiger partial charge on any atom is -0.384 e. The van der Waals surface area contributed by atoms with Crippen LogP contribution in [0.1, 0.15) is 87.3 Å². The molecule has 0 aromatic heterocycles. The summed E-state index contributed by atoms with van der Waals surface area (Å²) in [4.78, 5) is 34.2. The van der Waals surface area contributed by atoms with Gasteiger partial charge in [0.05, 0.1) is 12.6 Å². The molecule has 4 rings (SSSR count). The molecule has 1 aliphatic heterocycles. The number of carbonyl (C=O) groups excluding carboxylic acids is 2. The van der Waals surface area contributed by atoms with E-state index in [9.17, 15) is 14.0 Å². The first kappa shape index (κ1) is 30.0. The molecule has 41 heavy (non-hydrogen) atoms. The van der Waals surface area contributed by atoms with Crippen molar-refractivity contribution in [2.45, 2.75) is 71.5 Å². The molecule has 2 aliphatic rings. The molecule has 1 heterocycles. The number of benzene rings is 2. The van der Waals surface area contributed by atoms with E-state index in [0.717, 1.165) is 37.7 Å². The largest absolute Gasteiger partial charge is 0.384 e. The summed E-state index contributed by atoms with van der Waals surface area (Å²) in [6.07, 6.45) is 4.26. The number of halogens is 1. The smallest absolute Gasteiger partial charge is 0.275 e. The molecular weight excluding hydrogens is 521 g/mol. The highest BCUT2D eigenvalue weighted by Gasteiger charge is 2.53. The van der Waals surface area contributed by atoms with Crippen molar-refractivity contribution in [3.63, 3.8) is 0 Å². The van der Waals surface area contributed by atoms with Crippen LogP contribution in [-0.2, 0) is 4.79 Å². The number of carbonyl (C=O) groups is 2. The van der Waals surface area contributed by atoms with Crippen LogP contribution in [0.15, 0.2) is 63.8 Å². The first-order valence-electron chi connectivity index (χ1n) is 14.3. The summed E-state index contributed by atoms with van der Waals surface area (Å²) in [6.45, 7) is 8.75. The maximum Gasteiger partial charge on any atom is 0.275 e. The van der Waals surface area contributed by atoms with Gasteiger partial charge >= 0.3 is 0 Å². The second-order valence-corrected chi connectivity index (χ2v) is 12.0. The van der Waals surface area contributed by atoms with Crippen molar-refractivity contribution in [2.75, 3.05) is 6.54 Å². The molecule has 1 fully saturated rings. The fourth-order valence-corrected chi connectivity index (χ4v) is 6.35. The molecule has 3 atom stereocenters. The molecule has 0 saturated heterocycles. The van der Waals surface area contributed by atoms with E-state index in [1.54, 1.807) is 24.3 Å². The normalized spacial score (nSPS) is 23.6. The Labute approximate surface area is 241 Å². The summed E-state index contributed by atoms with van der Waals surface area (Å²) >= 11 is 0. The van der Waals surface area contributed by atoms with E-state index < -0.39 is 5.66 Å². The Morgan fingerprint density at radius 1 is 1.12 bits per heavy atom. The molecule has 0 radical (unpaired) electrons. The van der Waals surface area contributed by atoms with E-state index in [2.05, 4.69) is 43.3 Å². The topological polar surface area (TPSA) is 136 Å². The Bertz CT molecular complexity index is 1310. The van der Waals surface area contributed by atoms with Crippen LogP contribution in [-0.4, -0.2) is 40.5 Å². The fraction of sp³-hybridized carbons (Fsp3) is 0.484. The van der Waals surface area contributed by atoms with Crippen LogP contribution in [0.25, 0.3) is 0 Å². The van der Waals surface area contributed by atoms with Crippen molar-refractivity contribution in [3.05, 3.63) is 71.0 Å². The minimum atomic E-state index is -0.685. The second-order valence-electron chi connectivity index (χ2n) is 12.0. The molecule has 1 saturated carbocycles. The fourth-order valence-electron chi connectivity index (χ4n) is 6.35. The molecular formula is C31H40FN7O2. The van der Waals surface area contributed by atoms with Gasteiger partial charge in [0.1, 0.15) is 23.0 Å². The third-order valence-electron chi connectivity index (χ3n) is 7.96. The Morgan fingerprint density at radius 3 is 2.34 bits per heavy atom. The number of aliphatic imine (C=N–C) groups is 1. The van der Waals surface area contributed by atoms with E-state index in [1.807, 2.05) is 17.0 Å². The number of nitrogens with two attached hydrogens (primary N) is 1. The molecule has 218 valence electrons. The van der Waals surface area contributed by atoms with Crippen LogP contribution in [0.4, 0.5) is 4.39 Å². The lowest BCUT2D eigenvalue weighted by atomic mass is 9.75. The van der Waals surface area contributed by atoms with Crippen molar-refractivity contribution in [3.8, 4) is 0 Å². The Morgan fingerprint density at radius 2 is 1.76 bits per heavy atom. The summed E-state index contributed by atoms with van der Waals surface area (Å²) in [6, 6.07) is 13.1. The van der Waals surface area contributed by atoms with Crippen LogP contribution in [0.3, 0.4) is 0 Å². The Kier molecular flexibility index (Phi) is 9.30. The molecule has 3 unspecified atom stereocenters. The molecule has 2 amide bonds. The van der Waals surface area contributed by atoms with Crippen LogP contribution in [0, 0.1) is 29.1 Å². The van der Waals surface area contributed by atoms with Gasteiger partial charge in [-0.2, -0.15) is 5.53 Å². The molecule has 2 aromatic carbocycles. The van der Waals surface area contributed by atoms with E-state index in [-0.39, 0.29) is 36.1 Å². The average Bonchev–Trinajstić information content (AvgIpc) is 3.18. The monoisotopic (exact) mass is 561 g/mol. The lowest BCUT2D eigenvalue weighted by Crippen LogP contribution is -2.52. The standard InChI is InChI=1S/C31H40FN7O2/c1-19(2)5-14-26(22-6-8-24(9-7-22)29(40)35-18-27(33)37-38-34)39-30(41)28(23-10-12-25(32)13-11-23)36-31(39)16-20(3)15-21(4)17-31/h6-13,19-21,26H,5,14-18H2,1-4H3,(H,35,40)(H3,33,34,37). The second kappa shape index (κ2) is 12.7. The quantitative estimate of drug-likeness (QED) is 0.146. The predicted octanol–water partition coefficient (Wildman–Crippen LogP) is 5.82. The van der Waals surface area contributed by atoms with Gasteiger partial charge in [-0.05, 0) is 91.8 Å². The molecule has 1 spiro atoms. The Balaban J connectivity index is 1.71. The zero-order valence-corrected chi connectivity index (χ0v) is 24.2. The number of nitrogens with zero attached hydrogens (tertiary/aromatic N) is 4. The summed E-state index contributed by atoms with van der Waals surface area (Å²) in [5.41, 5.74) is 14.1. The van der Waals surface area contributed by atoms with Gasteiger partial charge in [0.15, 0.2) is 0 Å². The number of rotatable bonds is 10. The lowest BCUT2D eigenvalue weighted by Gasteiger charge is -2.47. The van der Waals surface area contributed by atoms with Crippen molar-refractivity contribution in [1.29, 1.82) is 5.53 Å². The van der Waals surface area contributed by atoms with Gasteiger partial charge in [-0.3, -0.25) is 14.6 Å². The maximum atomic E-state index is 14.3.